The van der Waals surface area contributed by atoms with E-state index in [2.05, 4.69) is 10.6 Å². The van der Waals surface area contributed by atoms with Crippen LogP contribution in [0.2, 0.25) is 0 Å². The van der Waals surface area contributed by atoms with E-state index in [9.17, 15) is 18.0 Å². The first kappa shape index (κ1) is 16.2. The topological polar surface area (TPSA) is 67.2 Å². The molecule has 4 N–H and O–H groups in total. The van der Waals surface area contributed by atoms with Gasteiger partial charge in [0, 0.05) is 13.6 Å². The summed E-state index contributed by atoms with van der Waals surface area (Å²) in [5.74, 6) is -0.463. The number of nitrogens with two attached hydrogens (primary N) is 1. The number of benzene rings is 1. The third kappa shape index (κ3) is 3.51. The van der Waals surface area contributed by atoms with Crippen LogP contribution in [-0.4, -0.2) is 13.0 Å². The molecule has 2 rings (SSSR count). The molecule has 0 spiro atoms. The molecule has 1 amide bonds. The zero-order valence-corrected chi connectivity index (χ0v) is 12.4. The Hall–Kier alpha value is -2.22. The molecular formula is C14H14F3N3OS. The van der Waals surface area contributed by atoms with Gasteiger partial charge in [0.1, 0.15) is 5.00 Å². The minimum Gasteiger partial charge on any atom is -0.396 e. The zero-order chi connectivity index (χ0) is 16.3. The molecule has 0 saturated heterocycles. The molecule has 2 aromatic rings. The molecule has 0 aliphatic rings. The van der Waals surface area contributed by atoms with E-state index >= 15 is 0 Å². The first-order valence-electron chi connectivity index (χ1n) is 6.33. The summed E-state index contributed by atoms with van der Waals surface area (Å²) < 4.78 is 38.6. The summed E-state index contributed by atoms with van der Waals surface area (Å²) >= 11 is 1.14. The van der Waals surface area contributed by atoms with E-state index in [-0.39, 0.29) is 12.1 Å². The number of halogens is 3. The minimum absolute atomic E-state index is 0.0155. The van der Waals surface area contributed by atoms with Crippen LogP contribution in [-0.2, 0) is 12.7 Å². The molecule has 0 saturated carbocycles. The Balaban J connectivity index is 2.11. The van der Waals surface area contributed by atoms with Gasteiger partial charge in [-0.2, -0.15) is 13.2 Å². The quantitative estimate of drug-likeness (QED) is 0.806. The number of anilines is 2. The molecule has 1 heterocycles. The summed E-state index contributed by atoms with van der Waals surface area (Å²) in [6.07, 6.45) is -4.45. The van der Waals surface area contributed by atoms with Gasteiger partial charge < -0.3 is 16.4 Å². The number of amides is 1. The normalized spacial score (nSPS) is 11.3. The van der Waals surface area contributed by atoms with Crippen molar-refractivity contribution in [1.29, 1.82) is 0 Å². The van der Waals surface area contributed by atoms with Crippen molar-refractivity contribution in [2.24, 2.45) is 0 Å². The third-order valence-electron chi connectivity index (χ3n) is 2.97. The van der Waals surface area contributed by atoms with E-state index in [1.54, 1.807) is 7.05 Å². The lowest BCUT2D eigenvalue weighted by atomic mass is 10.1. The highest BCUT2D eigenvalue weighted by Crippen LogP contribution is 2.32. The Morgan fingerprint density at radius 2 is 2.00 bits per heavy atom. The van der Waals surface area contributed by atoms with Gasteiger partial charge in [-0.05, 0) is 17.7 Å². The van der Waals surface area contributed by atoms with Gasteiger partial charge in [0.25, 0.3) is 5.91 Å². The fourth-order valence-electron chi connectivity index (χ4n) is 1.93. The average molecular weight is 329 g/mol. The second-order valence-electron chi connectivity index (χ2n) is 4.48. The van der Waals surface area contributed by atoms with Crippen molar-refractivity contribution in [2.45, 2.75) is 12.7 Å². The molecule has 0 atom stereocenters. The van der Waals surface area contributed by atoms with Gasteiger partial charge in [-0.15, -0.1) is 11.3 Å². The van der Waals surface area contributed by atoms with Crippen molar-refractivity contribution in [3.05, 3.63) is 46.3 Å². The Kier molecular flexibility index (Phi) is 4.60. The van der Waals surface area contributed by atoms with Gasteiger partial charge >= 0.3 is 6.18 Å². The fourth-order valence-corrected chi connectivity index (χ4v) is 2.78. The summed E-state index contributed by atoms with van der Waals surface area (Å²) in [4.78, 5) is 12.3. The van der Waals surface area contributed by atoms with Gasteiger partial charge in [-0.25, -0.2) is 0 Å². The molecule has 0 aliphatic carbocycles. The number of hydrogen-bond acceptors (Lipinski definition) is 4. The van der Waals surface area contributed by atoms with Crippen molar-refractivity contribution in [1.82, 2.24) is 5.32 Å². The van der Waals surface area contributed by atoms with E-state index < -0.39 is 17.6 Å². The number of rotatable bonds is 4. The molecule has 0 bridgehead atoms. The second-order valence-corrected chi connectivity index (χ2v) is 5.53. The highest BCUT2D eigenvalue weighted by Gasteiger charge is 2.32. The van der Waals surface area contributed by atoms with Crippen LogP contribution in [0.1, 0.15) is 20.8 Å². The van der Waals surface area contributed by atoms with Crippen LogP contribution in [0.3, 0.4) is 0 Å². The van der Waals surface area contributed by atoms with Crippen LogP contribution < -0.4 is 16.4 Å². The fraction of sp³-hybridized carbons (Fsp3) is 0.214. The Morgan fingerprint density at radius 1 is 1.32 bits per heavy atom. The predicted octanol–water partition coefficient (Wildman–Crippen LogP) is 3.32. The van der Waals surface area contributed by atoms with Crippen molar-refractivity contribution in [3.63, 3.8) is 0 Å². The largest absolute Gasteiger partial charge is 0.416 e. The maximum absolute atomic E-state index is 12.9. The molecule has 0 radical (unpaired) electrons. The SMILES string of the molecule is CNc1sc(C(=O)NCc2ccccc2C(F)(F)F)cc1N. The molecule has 0 aliphatic heterocycles. The first-order valence-corrected chi connectivity index (χ1v) is 7.15. The first-order chi connectivity index (χ1) is 10.3. The lowest BCUT2D eigenvalue weighted by Gasteiger charge is -2.12. The number of nitrogens with one attached hydrogen (secondary N) is 2. The lowest BCUT2D eigenvalue weighted by molar-refractivity contribution is -0.138. The molecule has 4 nitrogen and oxygen atoms in total. The molecule has 1 aromatic heterocycles. The van der Waals surface area contributed by atoms with Crippen molar-refractivity contribution in [3.8, 4) is 0 Å². The highest BCUT2D eigenvalue weighted by atomic mass is 32.1. The van der Waals surface area contributed by atoms with Crippen LogP contribution in [0.5, 0.6) is 0 Å². The third-order valence-corrected chi connectivity index (χ3v) is 4.14. The molecule has 0 fully saturated rings. The average Bonchev–Trinajstić information content (AvgIpc) is 2.85. The van der Waals surface area contributed by atoms with Gasteiger partial charge in [0.2, 0.25) is 0 Å². The Bertz CT molecular complexity index is 682. The van der Waals surface area contributed by atoms with Gasteiger partial charge in [-0.3, -0.25) is 4.79 Å². The van der Waals surface area contributed by atoms with E-state index in [0.29, 0.717) is 15.6 Å². The van der Waals surface area contributed by atoms with Crippen LogP contribution in [0.15, 0.2) is 30.3 Å². The Morgan fingerprint density at radius 3 is 2.59 bits per heavy atom. The van der Waals surface area contributed by atoms with Gasteiger partial charge in [0.05, 0.1) is 16.1 Å². The lowest BCUT2D eigenvalue weighted by Crippen LogP contribution is -2.23. The maximum atomic E-state index is 12.9. The zero-order valence-electron chi connectivity index (χ0n) is 11.6. The second kappa shape index (κ2) is 6.27. The number of carbonyl (C=O) groups excluding carboxylic acids is 1. The van der Waals surface area contributed by atoms with E-state index in [4.69, 9.17) is 5.73 Å². The molecule has 0 unspecified atom stereocenters. The summed E-state index contributed by atoms with van der Waals surface area (Å²) in [5, 5.41) is 5.96. The van der Waals surface area contributed by atoms with Crippen LogP contribution in [0, 0.1) is 0 Å². The molecule has 8 heteroatoms. The molecular weight excluding hydrogens is 315 g/mol. The minimum atomic E-state index is -4.45. The summed E-state index contributed by atoms with van der Waals surface area (Å²) in [6.45, 7) is -0.207. The van der Waals surface area contributed by atoms with Crippen LogP contribution in [0.4, 0.5) is 23.9 Å². The number of nitrogen functional groups attached to an aromatic ring is 1. The van der Waals surface area contributed by atoms with Gasteiger partial charge in [-0.1, -0.05) is 18.2 Å². The number of hydrogen-bond donors (Lipinski definition) is 3. The van der Waals surface area contributed by atoms with Crippen LogP contribution in [0.25, 0.3) is 0 Å². The number of thiophene rings is 1. The van der Waals surface area contributed by atoms with E-state index in [1.165, 1.54) is 24.3 Å². The van der Waals surface area contributed by atoms with Crippen molar-refractivity contribution >= 4 is 27.9 Å². The molecule has 118 valence electrons. The monoisotopic (exact) mass is 329 g/mol. The molecule has 1 aromatic carbocycles. The summed E-state index contributed by atoms with van der Waals surface area (Å²) in [7, 11) is 1.67. The smallest absolute Gasteiger partial charge is 0.396 e. The van der Waals surface area contributed by atoms with Gasteiger partial charge in [0.15, 0.2) is 0 Å². The maximum Gasteiger partial charge on any atom is 0.416 e. The standard InChI is InChI=1S/C14H14F3N3OS/c1-19-13-10(18)6-11(22-13)12(21)20-7-8-4-2-3-5-9(8)14(15,16)17/h2-6,19H,7,18H2,1H3,(H,20,21). The summed E-state index contributed by atoms with van der Waals surface area (Å²) in [6, 6.07) is 6.63. The van der Waals surface area contributed by atoms with E-state index in [0.717, 1.165) is 17.4 Å². The highest BCUT2D eigenvalue weighted by molar-refractivity contribution is 7.18. The van der Waals surface area contributed by atoms with Crippen molar-refractivity contribution < 1.29 is 18.0 Å². The Labute approximate surface area is 129 Å². The summed E-state index contributed by atoms with van der Waals surface area (Å²) in [5.41, 5.74) is 5.38. The predicted molar refractivity (Wildman–Crippen MR) is 80.9 cm³/mol. The number of alkyl halides is 3. The van der Waals surface area contributed by atoms with Crippen molar-refractivity contribution in [2.75, 3.05) is 18.1 Å². The number of carbonyl (C=O) groups is 1. The van der Waals surface area contributed by atoms with Crippen LogP contribution >= 0.6 is 11.3 Å². The molecule has 22 heavy (non-hydrogen) atoms. The van der Waals surface area contributed by atoms with E-state index in [1.807, 2.05) is 0 Å².